The van der Waals surface area contributed by atoms with Gasteiger partial charge in [-0.2, -0.15) is 4.31 Å². The Kier molecular flexibility index (Phi) is 7.41. The molecule has 1 aromatic carbocycles. The van der Waals surface area contributed by atoms with Crippen molar-refractivity contribution in [3.8, 4) is 0 Å². The molecule has 2 aliphatic heterocycles. The minimum atomic E-state index is -3.59. The van der Waals surface area contributed by atoms with Gasteiger partial charge in [-0.1, -0.05) is 30.5 Å². The highest BCUT2D eigenvalue weighted by molar-refractivity contribution is 7.89. The Morgan fingerprint density at radius 1 is 1.00 bits per heavy atom. The van der Waals surface area contributed by atoms with Crippen LogP contribution in [0.2, 0.25) is 5.02 Å². The number of urea groups is 1. The minimum absolute atomic E-state index is 0.0750. The number of piperidine rings is 1. The van der Waals surface area contributed by atoms with Crippen molar-refractivity contribution in [3.63, 3.8) is 0 Å². The van der Waals surface area contributed by atoms with Gasteiger partial charge in [0.2, 0.25) is 10.0 Å². The molecule has 2 saturated heterocycles. The van der Waals surface area contributed by atoms with Gasteiger partial charge in [-0.25, -0.2) is 13.2 Å². The number of rotatable bonds is 5. The quantitative estimate of drug-likeness (QED) is 0.721. The van der Waals surface area contributed by atoms with Crippen molar-refractivity contribution in [2.75, 3.05) is 45.8 Å². The molecule has 0 aromatic heterocycles. The molecule has 0 radical (unpaired) electrons. The Morgan fingerprint density at radius 3 is 2.32 bits per heavy atom. The first-order valence-corrected chi connectivity index (χ1v) is 13.3. The monoisotopic (exact) mass is 468 g/mol. The van der Waals surface area contributed by atoms with Crippen molar-refractivity contribution < 1.29 is 13.2 Å². The first-order valence-electron chi connectivity index (χ1n) is 11.5. The molecule has 1 aromatic rings. The fourth-order valence-corrected chi connectivity index (χ4v) is 6.72. The van der Waals surface area contributed by atoms with E-state index < -0.39 is 10.0 Å². The van der Waals surface area contributed by atoms with Gasteiger partial charge in [-0.05, 0) is 49.8 Å². The summed E-state index contributed by atoms with van der Waals surface area (Å²) in [5, 5.41) is 3.57. The zero-order chi connectivity index (χ0) is 21.8. The molecular formula is C22H33ClN4O3S. The average molecular weight is 469 g/mol. The number of halogens is 1. The van der Waals surface area contributed by atoms with E-state index in [0.717, 1.165) is 31.8 Å². The zero-order valence-electron chi connectivity index (χ0n) is 18.0. The highest BCUT2D eigenvalue weighted by Crippen LogP contribution is 2.26. The van der Waals surface area contributed by atoms with Crippen molar-refractivity contribution in [1.29, 1.82) is 0 Å². The molecule has 7 nitrogen and oxygen atoms in total. The lowest BCUT2D eigenvalue weighted by molar-refractivity contribution is 0.149. The first-order chi connectivity index (χ1) is 14.9. The van der Waals surface area contributed by atoms with Crippen LogP contribution in [0, 0.1) is 5.92 Å². The molecule has 172 valence electrons. The third-order valence-electron chi connectivity index (χ3n) is 6.87. The molecule has 2 heterocycles. The lowest BCUT2D eigenvalue weighted by atomic mass is 10.0. The van der Waals surface area contributed by atoms with Gasteiger partial charge in [0.05, 0.1) is 4.90 Å². The summed E-state index contributed by atoms with van der Waals surface area (Å²) in [5.41, 5.74) is 0. The summed E-state index contributed by atoms with van der Waals surface area (Å²) in [6.45, 7) is 4.69. The van der Waals surface area contributed by atoms with Crippen molar-refractivity contribution in [3.05, 3.63) is 29.3 Å². The van der Waals surface area contributed by atoms with Crippen LogP contribution in [-0.4, -0.2) is 80.4 Å². The average Bonchev–Trinajstić information content (AvgIpc) is 3.28. The molecule has 1 N–H and O–H groups in total. The molecule has 9 heteroatoms. The van der Waals surface area contributed by atoms with Gasteiger partial charge in [0, 0.05) is 56.9 Å². The lowest BCUT2D eigenvalue weighted by Gasteiger charge is -2.37. The second kappa shape index (κ2) is 10.1. The maximum Gasteiger partial charge on any atom is 0.317 e. The number of hydrogen-bond acceptors (Lipinski definition) is 4. The van der Waals surface area contributed by atoms with Gasteiger partial charge < -0.3 is 15.1 Å². The SMILES string of the molecule is O=C(NC1CCN(CC2CCCC2)CC1)N1CCN(S(=O)(=O)c2cccc(Cl)c2)CC1. The number of nitrogens with one attached hydrogen (secondary N) is 1. The molecule has 1 saturated carbocycles. The van der Waals surface area contributed by atoms with Crippen LogP contribution in [0.5, 0.6) is 0 Å². The molecule has 0 bridgehead atoms. The maximum absolute atomic E-state index is 12.8. The first kappa shape index (κ1) is 22.8. The molecule has 3 fully saturated rings. The number of likely N-dealkylation sites (tertiary alicyclic amines) is 1. The van der Waals surface area contributed by atoms with Crippen LogP contribution in [0.15, 0.2) is 29.2 Å². The predicted molar refractivity (Wildman–Crippen MR) is 122 cm³/mol. The number of sulfonamides is 1. The molecule has 0 atom stereocenters. The predicted octanol–water partition coefficient (Wildman–Crippen LogP) is 3.01. The molecular weight excluding hydrogens is 436 g/mol. The Balaban J connectivity index is 1.22. The van der Waals surface area contributed by atoms with Gasteiger partial charge in [0.1, 0.15) is 0 Å². The van der Waals surface area contributed by atoms with Crippen LogP contribution < -0.4 is 5.32 Å². The summed E-state index contributed by atoms with van der Waals surface area (Å²) in [7, 11) is -3.59. The smallest absolute Gasteiger partial charge is 0.317 e. The third-order valence-corrected chi connectivity index (χ3v) is 9.00. The van der Waals surface area contributed by atoms with E-state index >= 15 is 0 Å². The fraction of sp³-hybridized carbons (Fsp3) is 0.682. The number of benzene rings is 1. The maximum atomic E-state index is 12.8. The Labute approximate surface area is 190 Å². The summed E-state index contributed by atoms with van der Waals surface area (Å²) >= 11 is 5.95. The van der Waals surface area contributed by atoms with Crippen molar-refractivity contribution in [1.82, 2.24) is 19.4 Å². The molecule has 4 rings (SSSR count). The number of nitrogens with zero attached hydrogens (tertiary/aromatic N) is 3. The summed E-state index contributed by atoms with van der Waals surface area (Å²) in [6, 6.07) is 6.45. The summed E-state index contributed by atoms with van der Waals surface area (Å²) in [4.78, 5) is 17.2. The second-order valence-electron chi connectivity index (χ2n) is 9.02. The second-order valence-corrected chi connectivity index (χ2v) is 11.4. The van der Waals surface area contributed by atoms with E-state index in [1.54, 1.807) is 23.1 Å². The van der Waals surface area contributed by atoms with Gasteiger partial charge >= 0.3 is 6.03 Å². The van der Waals surface area contributed by atoms with Gasteiger partial charge in [-0.15, -0.1) is 0 Å². The van der Waals surface area contributed by atoms with E-state index in [2.05, 4.69) is 10.2 Å². The molecule has 1 aliphatic carbocycles. The van der Waals surface area contributed by atoms with Crippen LogP contribution in [0.3, 0.4) is 0 Å². The summed E-state index contributed by atoms with van der Waals surface area (Å²) in [6.07, 6.45) is 7.48. The molecule has 3 aliphatic rings. The molecule has 0 unspecified atom stereocenters. The number of piperazine rings is 1. The van der Waals surface area contributed by atoms with E-state index in [9.17, 15) is 13.2 Å². The van der Waals surface area contributed by atoms with Crippen molar-refractivity contribution >= 4 is 27.7 Å². The number of carbonyl (C=O) groups excluding carboxylic acids is 1. The van der Waals surface area contributed by atoms with E-state index in [-0.39, 0.29) is 17.0 Å². The topological polar surface area (TPSA) is 73.0 Å². The van der Waals surface area contributed by atoms with E-state index in [1.165, 1.54) is 42.6 Å². The summed E-state index contributed by atoms with van der Waals surface area (Å²) in [5.74, 6) is 0.866. The largest absolute Gasteiger partial charge is 0.335 e. The van der Waals surface area contributed by atoms with Crippen LogP contribution in [0.1, 0.15) is 38.5 Å². The van der Waals surface area contributed by atoms with Gasteiger partial charge in [0.15, 0.2) is 0 Å². The highest BCUT2D eigenvalue weighted by Gasteiger charge is 2.31. The minimum Gasteiger partial charge on any atom is -0.335 e. The summed E-state index contributed by atoms with van der Waals surface area (Å²) < 4.78 is 27.1. The fourth-order valence-electron chi connectivity index (χ4n) is 4.99. The van der Waals surface area contributed by atoms with Gasteiger partial charge in [-0.3, -0.25) is 0 Å². The van der Waals surface area contributed by atoms with Gasteiger partial charge in [0.25, 0.3) is 0 Å². The van der Waals surface area contributed by atoms with Crippen LogP contribution in [0.25, 0.3) is 0 Å². The van der Waals surface area contributed by atoms with E-state index in [0.29, 0.717) is 31.2 Å². The lowest BCUT2D eigenvalue weighted by Crippen LogP contribution is -2.55. The standard InChI is InChI=1S/C22H33ClN4O3S/c23-19-6-3-7-21(16-19)31(29,30)27-14-12-26(13-15-27)22(28)24-20-8-10-25(11-9-20)17-18-4-1-2-5-18/h3,6-7,16,18,20H,1-2,4-5,8-15,17H2,(H,24,28). The van der Waals surface area contributed by atoms with Crippen LogP contribution in [-0.2, 0) is 10.0 Å². The van der Waals surface area contributed by atoms with Crippen LogP contribution in [0.4, 0.5) is 4.79 Å². The number of amides is 2. The Morgan fingerprint density at radius 2 is 1.68 bits per heavy atom. The highest BCUT2D eigenvalue weighted by atomic mass is 35.5. The third kappa shape index (κ3) is 5.72. The van der Waals surface area contributed by atoms with Crippen LogP contribution >= 0.6 is 11.6 Å². The van der Waals surface area contributed by atoms with Crippen molar-refractivity contribution in [2.45, 2.75) is 49.5 Å². The van der Waals surface area contributed by atoms with E-state index in [4.69, 9.17) is 11.6 Å². The van der Waals surface area contributed by atoms with E-state index in [1.807, 2.05) is 0 Å². The number of carbonyl (C=O) groups is 1. The number of hydrogen-bond donors (Lipinski definition) is 1. The Bertz CT molecular complexity index is 859. The van der Waals surface area contributed by atoms with Crippen molar-refractivity contribution in [2.24, 2.45) is 5.92 Å². The molecule has 0 spiro atoms. The molecule has 2 amide bonds. The normalized spacial score (nSPS) is 22.7. The molecule has 31 heavy (non-hydrogen) atoms. The Hall–Kier alpha value is -1.35. The zero-order valence-corrected chi connectivity index (χ0v) is 19.6.